The normalized spacial score (nSPS) is 15.1. The molecular formula is C18H18N6O6. The van der Waals surface area contributed by atoms with Crippen molar-refractivity contribution in [2.75, 3.05) is 6.61 Å². The molecule has 3 heterocycles. The van der Waals surface area contributed by atoms with Gasteiger partial charge in [-0.3, -0.25) is 34.4 Å². The fourth-order valence-electron chi connectivity index (χ4n) is 3.07. The van der Waals surface area contributed by atoms with Gasteiger partial charge in [0.05, 0.1) is 6.33 Å². The highest BCUT2D eigenvalue weighted by atomic mass is 16.6. The third-order valence-electron chi connectivity index (χ3n) is 4.66. The average molecular weight is 414 g/mol. The van der Waals surface area contributed by atoms with Crippen LogP contribution in [-0.2, 0) is 30.2 Å². The van der Waals surface area contributed by atoms with E-state index in [-0.39, 0.29) is 24.3 Å². The van der Waals surface area contributed by atoms with Crippen LogP contribution in [0, 0.1) is 0 Å². The van der Waals surface area contributed by atoms with Crippen LogP contribution in [0.3, 0.4) is 0 Å². The molecule has 12 nitrogen and oxygen atoms in total. The highest BCUT2D eigenvalue weighted by molar-refractivity contribution is 5.85. The Balaban J connectivity index is 1.42. The molecule has 1 aliphatic rings. The summed E-state index contributed by atoms with van der Waals surface area (Å²) in [5.41, 5.74) is 3.70. The number of benzene rings is 1. The molecule has 2 N–H and O–H groups in total. The number of nitrogens with zero attached hydrogens (tertiary/aromatic N) is 4. The molecule has 0 fully saturated rings. The predicted molar refractivity (Wildman–Crippen MR) is 103 cm³/mol. The summed E-state index contributed by atoms with van der Waals surface area (Å²) >= 11 is 0. The first-order valence-corrected chi connectivity index (χ1v) is 8.95. The molecule has 0 bridgehead atoms. The lowest BCUT2D eigenvalue weighted by Crippen LogP contribution is -2.51. The first-order chi connectivity index (χ1) is 14.4. The van der Waals surface area contributed by atoms with Crippen LogP contribution in [0.15, 0.2) is 40.2 Å². The van der Waals surface area contributed by atoms with Gasteiger partial charge in [-0.1, -0.05) is 12.1 Å². The molecule has 1 atom stereocenters. The lowest BCUT2D eigenvalue weighted by Gasteiger charge is -2.25. The standard InChI is InChI=1S/C18H18N6O6/c1-22-15-14(17(27)23(2)18(22)28)24(9-19-15)7-13(25)20-21-16(26)12-8-29-10-5-3-4-6-11(10)30-12/h3-6,9,12H,7-8H2,1-2H3,(H,20,25)(H,21,26)/t12-/m1/s1. The van der Waals surface area contributed by atoms with Crippen molar-refractivity contribution < 1.29 is 19.1 Å². The van der Waals surface area contributed by atoms with Gasteiger partial charge in [-0.05, 0) is 12.1 Å². The average Bonchev–Trinajstić information content (AvgIpc) is 3.17. The van der Waals surface area contributed by atoms with Crippen LogP contribution < -0.4 is 31.6 Å². The van der Waals surface area contributed by atoms with Crippen molar-refractivity contribution in [2.24, 2.45) is 14.1 Å². The summed E-state index contributed by atoms with van der Waals surface area (Å²) in [5, 5.41) is 0. The number of aryl methyl sites for hydroxylation is 1. The van der Waals surface area contributed by atoms with Crippen molar-refractivity contribution in [1.82, 2.24) is 29.5 Å². The molecule has 0 aliphatic carbocycles. The maximum absolute atomic E-state index is 12.4. The van der Waals surface area contributed by atoms with Crippen molar-refractivity contribution in [3.05, 3.63) is 51.4 Å². The van der Waals surface area contributed by atoms with Crippen LogP contribution in [0.1, 0.15) is 0 Å². The molecule has 0 radical (unpaired) electrons. The lowest BCUT2D eigenvalue weighted by molar-refractivity contribution is -0.135. The zero-order valence-corrected chi connectivity index (χ0v) is 16.1. The number of hydrogen-bond acceptors (Lipinski definition) is 7. The molecule has 1 aromatic carbocycles. The second-order valence-corrected chi connectivity index (χ2v) is 6.65. The molecule has 0 saturated carbocycles. The van der Waals surface area contributed by atoms with Crippen LogP contribution in [0.5, 0.6) is 11.5 Å². The number of carbonyl (C=O) groups excluding carboxylic acids is 2. The molecule has 12 heteroatoms. The number of ether oxygens (including phenoxy) is 2. The molecule has 1 aliphatic heterocycles. The van der Waals surface area contributed by atoms with Gasteiger partial charge in [-0.2, -0.15) is 0 Å². The lowest BCUT2D eigenvalue weighted by atomic mass is 10.2. The molecule has 4 rings (SSSR count). The van der Waals surface area contributed by atoms with E-state index >= 15 is 0 Å². The van der Waals surface area contributed by atoms with Gasteiger partial charge in [0, 0.05) is 14.1 Å². The Labute approximate surface area is 168 Å². The van der Waals surface area contributed by atoms with Crippen molar-refractivity contribution in [3.63, 3.8) is 0 Å². The van der Waals surface area contributed by atoms with Crippen LogP contribution >= 0.6 is 0 Å². The van der Waals surface area contributed by atoms with Gasteiger partial charge in [-0.25, -0.2) is 9.78 Å². The molecule has 30 heavy (non-hydrogen) atoms. The number of nitrogens with one attached hydrogen (secondary N) is 2. The molecule has 0 saturated heterocycles. The smallest absolute Gasteiger partial charge is 0.332 e. The maximum atomic E-state index is 12.4. The van der Waals surface area contributed by atoms with Gasteiger partial charge < -0.3 is 14.0 Å². The Kier molecular flexibility index (Phi) is 4.74. The van der Waals surface area contributed by atoms with Crippen molar-refractivity contribution in [2.45, 2.75) is 12.6 Å². The summed E-state index contributed by atoms with van der Waals surface area (Å²) in [7, 11) is 2.82. The third-order valence-corrected chi connectivity index (χ3v) is 4.66. The monoisotopic (exact) mass is 414 g/mol. The van der Waals surface area contributed by atoms with Crippen LogP contribution in [0.25, 0.3) is 11.2 Å². The van der Waals surface area contributed by atoms with Gasteiger partial charge in [0.15, 0.2) is 22.7 Å². The maximum Gasteiger partial charge on any atom is 0.332 e. The second-order valence-electron chi connectivity index (χ2n) is 6.65. The van der Waals surface area contributed by atoms with Gasteiger partial charge in [0.25, 0.3) is 17.4 Å². The number of fused-ring (bicyclic) bond motifs is 2. The Morgan fingerprint density at radius 3 is 2.63 bits per heavy atom. The topological polar surface area (TPSA) is 138 Å². The highest BCUT2D eigenvalue weighted by Gasteiger charge is 2.27. The first-order valence-electron chi connectivity index (χ1n) is 8.95. The summed E-state index contributed by atoms with van der Waals surface area (Å²) in [5.74, 6) is -0.225. The summed E-state index contributed by atoms with van der Waals surface area (Å²) in [6.07, 6.45) is 0.346. The van der Waals surface area contributed by atoms with Gasteiger partial charge in [0.1, 0.15) is 13.2 Å². The number of hydrogen-bond donors (Lipinski definition) is 2. The predicted octanol–water partition coefficient (Wildman–Crippen LogP) is -1.58. The molecular weight excluding hydrogens is 396 g/mol. The number of imidazole rings is 1. The number of para-hydroxylation sites is 2. The van der Waals surface area contributed by atoms with Crippen molar-refractivity contribution in [3.8, 4) is 11.5 Å². The number of carbonyl (C=O) groups is 2. The minimum atomic E-state index is -0.934. The van der Waals surface area contributed by atoms with Crippen LogP contribution in [-0.4, -0.2) is 43.2 Å². The first kappa shape index (κ1) is 19.2. The van der Waals surface area contributed by atoms with E-state index < -0.39 is 29.2 Å². The van der Waals surface area contributed by atoms with Gasteiger partial charge in [-0.15, -0.1) is 0 Å². The van der Waals surface area contributed by atoms with Gasteiger partial charge >= 0.3 is 5.69 Å². The summed E-state index contributed by atoms with van der Waals surface area (Å²) in [4.78, 5) is 52.9. The molecule has 0 unspecified atom stereocenters. The van der Waals surface area contributed by atoms with Crippen molar-refractivity contribution >= 4 is 23.0 Å². The Hall–Kier alpha value is -4.09. The molecule has 156 valence electrons. The van der Waals surface area contributed by atoms with Crippen LogP contribution in [0.4, 0.5) is 0 Å². The summed E-state index contributed by atoms with van der Waals surface area (Å²) in [6, 6.07) is 6.93. The minimum Gasteiger partial charge on any atom is -0.485 e. The van der Waals surface area contributed by atoms with E-state index in [1.54, 1.807) is 24.3 Å². The van der Waals surface area contributed by atoms with E-state index in [0.29, 0.717) is 11.5 Å². The fraction of sp³-hybridized carbons (Fsp3) is 0.278. The number of rotatable bonds is 3. The van der Waals surface area contributed by atoms with Gasteiger partial charge in [0.2, 0.25) is 6.10 Å². The molecule has 3 aromatic rings. The second kappa shape index (κ2) is 7.39. The molecule has 2 aromatic heterocycles. The van der Waals surface area contributed by atoms with Crippen molar-refractivity contribution in [1.29, 1.82) is 0 Å². The van der Waals surface area contributed by atoms with E-state index in [2.05, 4.69) is 15.8 Å². The fourth-order valence-corrected chi connectivity index (χ4v) is 3.07. The minimum absolute atomic E-state index is 0.00501. The van der Waals surface area contributed by atoms with E-state index in [1.807, 2.05) is 0 Å². The quantitative estimate of drug-likeness (QED) is 0.493. The number of aromatic nitrogens is 4. The third kappa shape index (κ3) is 3.27. The Bertz CT molecular complexity index is 1270. The zero-order chi connectivity index (χ0) is 21.4. The van der Waals surface area contributed by atoms with E-state index in [9.17, 15) is 19.2 Å². The van der Waals surface area contributed by atoms with E-state index in [1.165, 1.54) is 29.6 Å². The van der Waals surface area contributed by atoms with E-state index in [4.69, 9.17) is 9.47 Å². The summed E-state index contributed by atoms with van der Waals surface area (Å²) < 4.78 is 14.5. The SMILES string of the molecule is Cn1c(=O)c2c(ncn2CC(=O)NNC(=O)[C@H]2COc3ccccc3O2)n(C)c1=O. The Morgan fingerprint density at radius 2 is 1.87 bits per heavy atom. The number of hydrazine groups is 1. The number of amides is 2. The molecule has 0 spiro atoms. The zero-order valence-electron chi connectivity index (χ0n) is 16.1. The Morgan fingerprint density at radius 1 is 1.13 bits per heavy atom. The van der Waals surface area contributed by atoms with Crippen LogP contribution in [0.2, 0.25) is 0 Å². The highest BCUT2D eigenvalue weighted by Crippen LogP contribution is 2.30. The van der Waals surface area contributed by atoms with E-state index in [0.717, 1.165) is 4.57 Å². The molecule has 2 amide bonds. The summed E-state index contributed by atoms with van der Waals surface area (Å²) in [6.45, 7) is -0.302. The largest absolute Gasteiger partial charge is 0.485 e.